The Morgan fingerprint density at radius 2 is 0.800 bits per heavy atom. The van der Waals surface area contributed by atoms with E-state index in [4.69, 9.17) is 3.02 Å². The molecule has 0 atom stereocenters. The van der Waals surface area contributed by atoms with Gasteiger partial charge in [-0.3, -0.25) is 0 Å². The van der Waals surface area contributed by atoms with Crippen LogP contribution in [0.3, 0.4) is 0 Å². The van der Waals surface area contributed by atoms with Crippen molar-refractivity contribution in [3.63, 3.8) is 0 Å². The fraction of sp³-hybridized carbons (Fsp3) is 0. The molecular weight excluding hydrogens is 186 g/mol. The summed E-state index contributed by atoms with van der Waals surface area (Å²) in [5, 5.41) is 0. The van der Waals surface area contributed by atoms with E-state index in [1.165, 1.54) is 0 Å². The van der Waals surface area contributed by atoms with Gasteiger partial charge < -0.3 is 16.4 Å². The van der Waals surface area contributed by atoms with E-state index >= 15 is 0 Å². The molecular formula is H6O4Sb. The van der Waals surface area contributed by atoms with Crippen molar-refractivity contribution in [2.75, 3.05) is 0 Å². The number of hydrogen-bond acceptors (Lipinski definition) is 1. The van der Waals surface area contributed by atoms with Gasteiger partial charge in [-0.25, -0.2) is 0 Å². The van der Waals surface area contributed by atoms with Crippen molar-refractivity contribution in [1.82, 2.24) is 0 Å². The molecule has 0 amide bonds. The van der Waals surface area contributed by atoms with Crippen LogP contribution in [0, 0.1) is 0 Å². The molecule has 0 rings (SSSR count). The first-order chi connectivity index (χ1) is 1.00. The molecule has 0 aliphatic heterocycles. The second kappa shape index (κ2) is 222. The predicted octanol–water partition coefficient (Wildman–Crippen LogP) is -2.97. The van der Waals surface area contributed by atoms with Crippen molar-refractivity contribution in [3.8, 4) is 0 Å². The van der Waals surface area contributed by atoms with Crippen molar-refractivity contribution in [3.05, 3.63) is 0 Å². The first kappa shape index (κ1) is 49.6. The zero-order valence-corrected chi connectivity index (χ0v) is 4.91. The third-order valence-electron chi connectivity index (χ3n) is 0. The van der Waals surface area contributed by atoms with E-state index < -0.39 is 0 Å². The molecule has 4 nitrogen and oxygen atoms in total. The molecule has 35 valence electrons. The monoisotopic (exact) mass is 191 g/mol. The van der Waals surface area contributed by atoms with E-state index in [2.05, 4.69) is 0 Å². The molecule has 5 heavy (non-hydrogen) atoms. The van der Waals surface area contributed by atoms with Crippen molar-refractivity contribution >= 4 is 23.0 Å². The molecule has 5 heteroatoms. The van der Waals surface area contributed by atoms with Gasteiger partial charge >= 0.3 is 26.0 Å². The maximum atomic E-state index is 8.30. The topological polar surface area (TPSA) is 112 Å². The molecule has 6 N–H and O–H groups in total. The van der Waals surface area contributed by atoms with Gasteiger partial charge in [-0.05, 0) is 0 Å². The minimum atomic E-state index is 0. The van der Waals surface area contributed by atoms with Crippen LogP contribution < -0.4 is 0 Å². The zero-order chi connectivity index (χ0) is 2.00. The molecule has 1 radical (unpaired) electrons. The summed E-state index contributed by atoms with van der Waals surface area (Å²) in [6.45, 7) is 0. The van der Waals surface area contributed by atoms with E-state index in [-0.39, 0.29) is 16.4 Å². The van der Waals surface area contributed by atoms with Gasteiger partial charge in [-0.1, -0.05) is 0 Å². The molecule has 0 saturated heterocycles. The molecule has 0 heterocycles. The van der Waals surface area contributed by atoms with Crippen LogP contribution in [0.15, 0.2) is 0 Å². The van der Waals surface area contributed by atoms with Gasteiger partial charge in [0.2, 0.25) is 0 Å². The fourth-order valence-corrected chi connectivity index (χ4v) is 0. The summed E-state index contributed by atoms with van der Waals surface area (Å²) in [6.07, 6.45) is 0. The standard InChI is InChI=1S/3H2O.O.Sb/h3*1H2;;. The van der Waals surface area contributed by atoms with Crippen LogP contribution in [0.5, 0.6) is 0 Å². The second-order valence-corrected chi connectivity index (χ2v) is 0. The predicted molar refractivity (Wildman–Crippen MR) is 17.3 cm³/mol. The number of rotatable bonds is 0. The average Bonchev–Trinajstić information content (AvgIpc) is 1.00. The van der Waals surface area contributed by atoms with Crippen LogP contribution >= 0.6 is 0 Å². The first-order valence-corrected chi connectivity index (χ1v) is 1.22. The summed E-state index contributed by atoms with van der Waals surface area (Å²) in [4.78, 5) is 0. The van der Waals surface area contributed by atoms with Gasteiger partial charge in [0, 0.05) is 0 Å². The molecule has 0 unspecified atom stereocenters. The Morgan fingerprint density at radius 1 is 0.800 bits per heavy atom. The molecule has 0 saturated carbocycles. The van der Waals surface area contributed by atoms with E-state index in [1.807, 2.05) is 0 Å². The van der Waals surface area contributed by atoms with Crippen molar-refractivity contribution in [2.45, 2.75) is 0 Å². The summed E-state index contributed by atoms with van der Waals surface area (Å²) in [6, 6.07) is 0. The fourth-order valence-electron chi connectivity index (χ4n) is 0. The third-order valence-corrected chi connectivity index (χ3v) is 0. The summed E-state index contributed by atoms with van der Waals surface area (Å²) < 4.78 is 8.30. The molecule has 0 spiro atoms. The van der Waals surface area contributed by atoms with Gasteiger partial charge in [0.25, 0.3) is 0 Å². The molecule has 0 bridgehead atoms. The molecule has 0 aromatic heterocycles. The van der Waals surface area contributed by atoms with Gasteiger partial charge in [0.05, 0.1) is 0 Å². The summed E-state index contributed by atoms with van der Waals surface area (Å²) in [7, 11) is 0. The first-order valence-electron chi connectivity index (χ1n) is 0.183. The van der Waals surface area contributed by atoms with Crippen molar-refractivity contribution in [1.29, 1.82) is 0 Å². The van der Waals surface area contributed by atoms with Crippen molar-refractivity contribution < 1.29 is 19.4 Å². The summed E-state index contributed by atoms with van der Waals surface area (Å²) in [5.41, 5.74) is 0. The molecule has 0 aromatic rings. The Hall–Kier alpha value is 0.498. The molecule has 0 fully saturated rings. The van der Waals surface area contributed by atoms with Crippen molar-refractivity contribution in [2.24, 2.45) is 0 Å². The van der Waals surface area contributed by atoms with Crippen LogP contribution in [0.1, 0.15) is 0 Å². The van der Waals surface area contributed by atoms with Gasteiger partial charge in [0.15, 0.2) is 0 Å². The van der Waals surface area contributed by atoms with E-state index in [9.17, 15) is 0 Å². The molecule has 0 aromatic carbocycles. The quantitative estimate of drug-likeness (QED) is 0.374. The molecule has 0 aliphatic carbocycles. The Kier molecular flexibility index (Phi) is 2200. The Bertz CT molecular complexity index is 3.61. The van der Waals surface area contributed by atoms with E-state index in [0.29, 0.717) is 23.0 Å². The normalized spacial score (nSPS) is 0.800. The Morgan fingerprint density at radius 3 is 0.800 bits per heavy atom. The van der Waals surface area contributed by atoms with E-state index in [1.54, 1.807) is 0 Å². The summed E-state index contributed by atoms with van der Waals surface area (Å²) in [5.74, 6) is 0. The average molecular weight is 192 g/mol. The maximum absolute atomic E-state index is 8.30. The van der Waals surface area contributed by atoms with Crippen LogP contribution in [-0.4, -0.2) is 39.4 Å². The van der Waals surface area contributed by atoms with Crippen LogP contribution in [0.25, 0.3) is 0 Å². The van der Waals surface area contributed by atoms with Gasteiger partial charge in [-0.15, -0.1) is 0 Å². The van der Waals surface area contributed by atoms with Crippen LogP contribution in [0.4, 0.5) is 0 Å². The SMILES string of the molecule is O.O.O.[O]=[Sb]. The van der Waals surface area contributed by atoms with Crippen LogP contribution in [0.2, 0.25) is 0 Å². The van der Waals surface area contributed by atoms with E-state index in [0.717, 1.165) is 0 Å². The third kappa shape index (κ3) is 113. The van der Waals surface area contributed by atoms with Gasteiger partial charge in [-0.2, -0.15) is 0 Å². The molecule has 0 aliphatic rings. The second-order valence-electron chi connectivity index (χ2n) is 0. The Balaban J connectivity index is -0.00000000167. The van der Waals surface area contributed by atoms with Gasteiger partial charge in [0.1, 0.15) is 0 Å². The zero-order valence-electron chi connectivity index (χ0n) is 2.36. The van der Waals surface area contributed by atoms with Crippen LogP contribution in [-0.2, 0) is 3.02 Å². The Labute approximate surface area is 43.0 Å². The number of hydrogen-bond donors (Lipinski definition) is 0. The minimum absolute atomic E-state index is 0. The summed E-state index contributed by atoms with van der Waals surface area (Å²) >= 11 is 0.500.